The van der Waals surface area contributed by atoms with Crippen LogP contribution in [0.1, 0.15) is 50.5 Å². The van der Waals surface area contributed by atoms with Gasteiger partial charge in [0.1, 0.15) is 6.04 Å². The summed E-state index contributed by atoms with van der Waals surface area (Å²) in [5.74, 6) is -2.06. The van der Waals surface area contributed by atoms with Crippen molar-refractivity contribution in [1.29, 1.82) is 0 Å². The first-order chi connectivity index (χ1) is 15.7. The number of carbonyl (C=O) groups excluding carboxylic acids is 3. The number of amides is 2. The monoisotopic (exact) mass is 489 g/mol. The van der Waals surface area contributed by atoms with E-state index in [-0.39, 0.29) is 16.2 Å². The molecule has 9 nitrogen and oxygen atoms in total. The van der Waals surface area contributed by atoms with E-state index in [0.717, 1.165) is 5.56 Å². The Hall–Kier alpha value is -3.24. The van der Waals surface area contributed by atoms with Crippen LogP contribution in [0.4, 0.5) is 5.69 Å². The van der Waals surface area contributed by atoms with Gasteiger partial charge < -0.3 is 15.4 Å². The van der Waals surface area contributed by atoms with Gasteiger partial charge >= 0.3 is 5.97 Å². The number of ether oxygens (including phenoxy) is 1. The molecule has 34 heavy (non-hydrogen) atoms. The van der Waals surface area contributed by atoms with E-state index in [1.54, 1.807) is 26.0 Å². The van der Waals surface area contributed by atoms with Crippen molar-refractivity contribution in [3.8, 4) is 0 Å². The number of nitrogens with one attached hydrogen (secondary N) is 2. The summed E-state index contributed by atoms with van der Waals surface area (Å²) < 4.78 is 27.7. The molecule has 2 aromatic rings. The van der Waals surface area contributed by atoms with Crippen LogP contribution < -0.4 is 15.8 Å². The van der Waals surface area contributed by atoms with E-state index in [1.807, 2.05) is 12.1 Å². The molecule has 0 radical (unpaired) electrons. The summed E-state index contributed by atoms with van der Waals surface area (Å²) in [7, 11) is -3.84. The number of carbonyl (C=O) groups is 3. The Morgan fingerprint density at radius 3 is 2.00 bits per heavy atom. The lowest BCUT2D eigenvalue weighted by molar-refractivity contribution is -0.150. The van der Waals surface area contributed by atoms with Crippen LogP contribution in [-0.4, -0.2) is 38.9 Å². The molecule has 2 rings (SSSR count). The fourth-order valence-electron chi connectivity index (χ4n) is 3.00. The van der Waals surface area contributed by atoms with Crippen LogP contribution in [0.5, 0.6) is 0 Å². The van der Waals surface area contributed by atoms with Gasteiger partial charge in [0.15, 0.2) is 6.61 Å². The van der Waals surface area contributed by atoms with Crippen LogP contribution in [0.15, 0.2) is 53.4 Å². The predicted octanol–water partition coefficient (Wildman–Crippen LogP) is 2.57. The molecule has 0 saturated heterocycles. The first-order valence-electron chi connectivity index (χ1n) is 10.7. The SMILES string of the molecule is CC(C)[C@H](NC(=O)c1ccc(C(C)(C)C)cc1)C(=O)OCC(=O)Nc1ccc(S(N)(=O)=O)cc1. The zero-order valence-electron chi connectivity index (χ0n) is 19.9. The number of hydrogen-bond donors (Lipinski definition) is 3. The number of anilines is 1. The van der Waals surface area contributed by atoms with E-state index in [0.29, 0.717) is 11.3 Å². The lowest BCUT2D eigenvalue weighted by Crippen LogP contribution is -2.46. The van der Waals surface area contributed by atoms with Gasteiger partial charge in [-0.15, -0.1) is 0 Å². The molecule has 0 aromatic heterocycles. The highest BCUT2D eigenvalue weighted by atomic mass is 32.2. The third-order valence-corrected chi connectivity index (χ3v) is 5.96. The highest BCUT2D eigenvalue weighted by Crippen LogP contribution is 2.22. The standard InChI is InChI=1S/C24H31N3O6S/c1-15(2)21(27-22(29)16-6-8-17(9-7-16)24(3,4)5)23(30)33-14-20(28)26-18-10-12-19(13-11-18)34(25,31)32/h6-13,15,21H,14H2,1-5H3,(H,26,28)(H,27,29)(H2,25,31,32)/t21-/m0/s1. The van der Waals surface area contributed by atoms with Gasteiger partial charge in [0.05, 0.1) is 4.90 Å². The Morgan fingerprint density at radius 2 is 1.53 bits per heavy atom. The maximum absolute atomic E-state index is 12.7. The molecule has 2 amide bonds. The Balaban J connectivity index is 1.95. The van der Waals surface area contributed by atoms with E-state index in [1.165, 1.54) is 24.3 Å². The van der Waals surface area contributed by atoms with Crippen molar-refractivity contribution < 1.29 is 27.5 Å². The molecule has 0 aliphatic heterocycles. The molecule has 0 spiro atoms. The van der Waals surface area contributed by atoms with Gasteiger partial charge in [-0.3, -0.25) is 9.59 Å². The molecule has 2 aromatic carbocycles. The maximum atomic E-state index is 12.7. The smallest absolute Gasteiger partial charge is 0.329 e. The van der Waals surface area contributed by atoms with Crippen molar-refractivity contribution in [2.75, 3.05) is 11.9 Å². The second kappa shape index (κ2) is 10.8. The van der Waals surface area contributed by atoms with Gasteiger partial charge in [-0.1, -0.05) is 46.8 Å². The highest BCUT2D eigenvalue weighted by Gasteiger charge is 2.27. The Labute approximate surface area is 200 Å². The molecule has 184 valence electrons. The molecule has 4 N–H and O–H groups in total. The van der Waals surface area contributed by atoms with E-state index < -0.39 is 40.5 Å². The number of nitrogens with two attached hydrogens (primary N) is 1. The molecular formula is C24H31N3O6S. The van der Waals surface area contributed by atoms with Crippen molar-refractivity contribution in [3.05, 3.63) is 59.7 Å². The number of primary sulfonamides is 1. The largest absolute Gasteiger partial charge is 0.454 e. The van der Waals surface area contributed by atoms with Gasteiger partial charge in [-0.25, -0.2) is 18.4 Å². The molecule has 0 aliphatic rings. The van der Waals surface area contributed by atoms with Crippen LogP contribution in [-0.2, 0) is 29.8 Å². The summed E-state index contributed by atoms with van der Waals surface area (Å²) >= 11 is 0. The summed E-state index contributed by atoms with van der Waals surface area (Å²) in [5.41, 5.74) is 1.74. The van der Waals surface area contributed by atoms with Gasteiger partial charge in [-0.05, 0) is 53.3 Å². The zero-order valence-corrected chi connectivity index (χ0v) is 20.7. The third kappa shape index (κ3) is 7.67. The second-order valence-electron chi connectivity index (χ2n) is 9.25. The molecule has 0 aliphatic carbocycles. The van der Waals surface area contributed by atoms with Gasteiger partial charge in [-0.2, -0.15) is 0 Å². The van der Waals surface area contributed by atoms with Crippen LogP contribution in [0.25, 0.3) is 0 Å². The first-order valence-corrected chi connectivity index (χ1v) is 12.2. The molecule has 0 heterocycles. The fraction of sp³-hybridized carbons (Fsp3) is 0.375. The minimum Gasteiger partial charge on any atom is -0.454 e. The van der Waals surface area contributed by atoms with E-state index in [9.17, 15) is 22.8 Å². The lowest BCUT2D eigenvalue weighted by atomic mass is 9.86. The summed E-state index contributed by atoms with van der Waals surface area (Å²) in [5, 5.41) is 10.2. The molecular weight excluding hydrogens is 458 g/mol. The summed E-state index contributed by atoms with van der Waals surface area (Å²) in [6.07, 6.45) is 0. The van der Waals surface area contributed by atoms with Crippen molar-refractivity contribution in [2.45, 2.75) is 51.0 Å². The lowest BCUT2D eigenvalue weighted by Gasteiger charge is -2.22. The molecule has 0 bridgehead atoms. The quantitative estimate of drug-likeness (QED) is 0.486. The number of benzene rings is 2. The van der Waals surface area contributed by atoms with Crippen LogP contribution in [0, 0.1) is 5.92 Å². The predicted molar refractivity (Wildman–Crippen MR) is 129 cm³/mol. The third-order valence-electron chi connectivity index (χ3n) is 5.03. The van der Waals surface area contributed by atoms with Crippen molar-refractivity contribution in [1.82, 2.24) is 5.32 Å². The van der Waals surface area contributed by atoms with Crippen LogP contribution in [0.3, 0.4) is 0 Å². The van der Waals surface area contributed by atoms with Crippen molar-refractivity contribution in [3.63, 3.8) is 0 Å². The zero-order chi connectivity index (χ0) is 25.7. The number of rotatable bonds is 8. The normalized spacial score (nSPS) is 12.7. The summed E-state index contributed by atoms with van der Waals surface area (Å²) in [4.78, 5) is 37.2. The van der Waals surface area contributed by atoms with Gasteiger partial charge in [0.25, 0.3) is 11.8 Å². The van der Waals surface area contributed by atoms with E-state index >= 15 is 0 Å². The Morgan fingerprint density at radius 1 is 0.971 bits per heavy atom. The van der Waals surface area contributed by atoms with Crippen molar-refractivity contribution in [2.24, 2.45) is 11.1 Å². The molecule has 0 fully saturated rings. The second-order valence-corrected chi connectivity index (χ2v) is 10.8. The van der Waals surface area contributed by atoms with Crippen LogP contribution >= 0.6 is 0 Å². The topological polar surface area (TPSA) is 145 Å². The molecule has 1 atom stereocenters. The molecule has 0 unspecified atom stereocenters. The van der Waals surface area contributed by atoms with Crippen molar-refractivity contribution >= 4 is 33.5 Å². The highest BCUT2D eigenvalue weighted by molar-refractivity contribution is 7.89. The van der Waals surface area contributed by atoms with Gasteiger partial charge in [0.2, 0.25) is 10.0 Å². The average molecular weight is 490 g/mol. The minimum atomic E-state index is -3.84. The molecule has 0 saturated carbocycles. The Bertz CT molecular complexity index is 1130. The maximum Gasteiger partial charge on any atom is 0.329 e. The van der Waals surface area contributed by atoms with Crippen LogP contribution in [0.2, 0.25) is 0 Å². The number of esters is 1. The number of sulfonamides is 1. The average Bonchev–Trinajstić information content (AvgIpc) is 2.74. The number of hydrogen-bond acceptors (Lipinski definition) is 6. The molecule has 10 heteroatoms. The summed E-state index contributed by atoms with van der Waals surface area (Å²) in [6, 6.07) is 11.4. The van der Waals surface area contributed by atoms with E-state index in [2.05, 4.69) is 31.4 Å². The minimum absolute atomic E-state index is 0.0516. The van der Waals surface area contributed by atoms with E-state index in [4.69, 9.17) is 9.88 Å². The first kappa shape index (κ1) is 27.0. The Kier molecular flexibility index (Phi) is 8.57. The fourth-order valence-corrected chi connectivity index (χ4v) is 3.51. The van der Waals surface area contributed by atoms with Gasteiger partial charge in [0, 0.05) is 11.3 Å². The summed E-state index contributed by atoms with van der Waals surface area (Å²) in [6.45, 7) is 9.15.